The van der Waals surface area contributed by atoms with E-state index in [1.165, 1.54) is 0 Å². The highest BCUT2D eigenvalue weighted by Gasteiger charge is 2.41. The minimum absolute atomic E-state index is 0.0707. The van der Waals surface area contributed by atoms with Crippen molar-refractivity contribution >= 4 is 38.8 Å². The lowest BCUT2D eigenvalue weighted by molar-refractivity contribution is 0.0193. The van der Waals surface area contributed by atoms with Gasteiger partial charge in [0.25, 0.3) is 0 Å². The van der Waals surface area contributed by atoms with Crippen LogP contribution in [0.2, 0.25) is 0 Å². The lowest BCUT2D eigenvalue weighted by Gasteiger charge is -2.36. The molecular formula is C34H30BrN5O. The van der Waals surface area contributed by atoms with E-state index >= 15 is 0 Å². The molecule has 0 N–H and O–H groups in total. The summed E-state index contributed by atoms with van der Waals surface area (Å²) < 4.78 is 8.66. The zero-order valence-corrected chi connectivity index (χ0v) is 24.2. The average Bonchev–Trinajstić information content (AvgIpc) is 3.42. The Kier molecular flexibility index (Phi) is 7.08. The molecule has 1 atom stereocenters. The predicted molar refractivity (Wildman–Crippen MR) is 167 cm³/mol. The van der Waals surface area contributed by atoms with Gasteiger partial charge in [0.05, 0.1) is 18.9 Å². The van der Waals surface area contributed by atoms with Crippen LogP contribution in [0.5, 0.6) is 0 Å². The van der Waals surface area contributed by atoms with Gasteiger partial charge in [0.1, 0.15) is 11.7 Å². The van der Waals surface area contributed by atoms with Gasteiger partial charge in [-0.25, -0.2) is 9.67 Å². The number of hydrogen-bond acceptors (Lipinski definition) is 5. The molecule has 6 nitrogen and oxygen atoms in total. The van der Waals surface area contributed by atoms with Gasteiger partial charge in [-0.1, -0.05) is 91.0 Å². The van der Waals surface area contributed by atoms with E-state index in [2.05, 4.69) is 129 Å². The van der Waals surface area contributed by atoms with Gasteiger partial charge >= 0.3 is 0 Å². The number of ether oxygens (including phenoxy) is 1. The normalized spacial score (nSPS) is 18.0. The molecule has 1 unspecified atom stereocenters. The first-order valence-corrected chi connectivity index (χ1v) is 14.8. The van der Waals surface area contributed by atoms with Crippen molar-refractivity contribution in [3.63, 3.8) is 0 Å². The fourth-order valence-corrected chi connectivity index (χ4v) is 6.51. The second-order valence-electron chi connectivity index (χ2n) is 10.4. The number of nitrogens with zero attached hydrogens (tertiary/aromatic N) is 5. The van der Waals surface area contributed by atoms with E-state index in [1.54, 1.807) is 0 Å². The van der Waals surface area contributed by atoms with E-state index in [0.717, 1.165) is 76.2 Å². The number of aromatic nitrogens is 3. The number of dihydropyridines is 1. The van der Waals surface area contributed by atoms with Crippen molar-refractivity contribution in [1.82, 2.24) is 19.7 Å². The number of fused-ring (bicyclic) bond motifs is 1. The van der Waals surface area contributed by atoms with Gasteiger partial charge in [0.2, 0.25) is 0 Å². The number of pyridine rings is 1. The number of benzene rings is 3. The number of aliphatic imine (C=N–C) groups is 1. The molecule has 7 rings (SSSR count). The molecule has 2 aliphatic heterocycles. The number of morpholine rings is 1. The number of rotatable bonds is 6. The Labute approximate surface area is 248 Å². The van der Waals surface area contributed by atoms with Crippen molar-refractivity contribution in [1.29, 1.82) is 0 Å². The molecule has 7 heteroatoms. The van der Waals surface area contributed by atoms with E-state index in [9.17, 15) is 0 Å². The van der Waals surface area contributed by atoms with Crippen LogP contribution in [-0.2, 0) is 10.3 Å². The van der Waals surface area contributed by atoms with Crippen LogP contribution in [0, 0.1) is 0 Å². The molecule has 0 bridgehead atoms. The highest BCUT2D eigenvalue weighted by atomic mass is 79.9. The first kappa shape index (κ1) is 26.0. The molecule has 2 aromatic heterocycles. The fourth-order valence-electron chi connectivity index (χ4n) is 6.18. The summed E-state index contributed by atoms with van der Waals surface area (Å²) in [5.41, 5.74) is 5.50. The van der Waals surface area contributed by atoms with Crippen LogP contribution >= 0.6 is 15.9 Å². The van der Waals surface area contributed by atoms with E-state index in [4.69, 9.17) is 19.8 Å². The fraction of sp³-hybridized carbons (Fsp3) is 0.206. The average molecular weight is 605 g/mol. The molecule has 0 amide bonds. The molecule has 0 spiro atoms. The first-order valence-electron chi connectivity index (χ1n) is 14.0. The van der Waals surface area contributed by atoms with Crippen molar-refractivity contribution < 1.29 is 4.74 Å². The Bertz CT molecular complexity index is 1610. The van der Waals surface area contributed by atoms with Gasteiger partial charge < -0.3 is 4.74 Å². The third-order valence-corrected chi connectivity index (χ3v) is 8.52. The third-order valence-electron chi connectivity index (χ3n) is 8.09. The topological polar surface area (TPSA) is 55.5 Å². The first-order chi connectivity index (χ1) is 20.2. The van der Waals surface area contributed by atoms with E-state index in [0.29, 0.717) is 0 Å². The highest BCUT2D eigenvalue weighted by molar-refractivity contribution is 9.10. The molecule has 4 heterocycles. The third kappa shape index (κ3) is 4.64. The molecule has 0 saturated carbocycles. The zero-order valence-electron chi connectivity index (χ0n) is 22.6. The summed E-state index contributed by atoms with van der Waals surface area (Å²) >= 11 is 3.69. The van der Waals surface area contributed by atoms with Crippen LogP contribution in [0.15, 0.2) is 119 Å². The Morgan fingerprint density at radius 1 is 0.805 bits per heavy atom. The SMILES string of the molecule is Brc1cnc2c(c1)c(C1=CC=NC(N3CCOCC3)C1)nn2C(c1ccccc1)(c1ccccc1)c1ccccc1. The summed E-state index contributed by atoms with van der Waals surface area (Å²) in [5, 5.41) is 6.50. The molecule has 1 fully saturated rings. The largest absolute Gasteiger partial charge is 0.379 e. The molecule has 2 aliphatic rings. The number of hydrogen-bond donors (Lipinski definition) is 0. The Morgan fingerprint density at radius 2 is 1.39 bits per heavy atom. The summed E-state index contributed by atoms with van der Waals surface area (Å²) in [5.74, 6) is 0. The minimum Gasteiger partial charge on any atom is -0.379 e. The summed E-state index contributed by atoms with van der Waals surface area (Å²) in [7, 11) is 0. The van der Waals surface area contributed by atoms with Gasteiger partial charge in [0.15, 0.2) is 5.65 Å². The molecule has 0 radical (unpaired) electrons. The zero-order chi connectivity index (χ0) is 27.6. The molecule has 5 aromatic rings. The monoisotopic (exact) mass is 603 g/mol. The van der Waals surface area contributed by atoms with Crippen molar-refractivity contribution in [2.24, 2.45) is 4.99 Å². The van der Waals surface area contributed by atoms with Crippen molar-refractivity contribution in [3.8, 4) is 0 Å². The van der Waals surface area contributed by atoms with E-state index in [1.807, 2.05) is 12.4 Å². The number of allylic oxidation sites excluding steroid dienone is 1. The summed E-state index contributed by atoms with van der Waals surface area (Å²) in [4.78, 5) is 12.3. The highest BCUT2D eigenvalue weighted by Crippen LogP contribution is 2.43. The lowest BCUT2D eigenvalue weighted by Crippen LogP contribution is -2.43. The van der Waals surface area contributed by atoms with Gasteiger partial charge in [-0.3, -0.25) is 9.89 Å². The smallest absolute Gasteiger partial charge is 0.160 e. The van der Waals surface area contributed by atoms with Gasteiger partial charge in [0, 0.05) is 41.8 Å². The summed E-state index contributed by atoms with van der Waals surface area (Å²) in [6.07, 6.45) is 6.77. The Balaban J connectivity index is 1.49. The van der Waals surface area contributed by atoms with Crippen LogP contribution in [0.25, 0.3) is 16.6 Å². The van der Waals surface area contributed by atoms with Crippen LogP contribution in [0.1, 0.15) is 28.8 Å². The molecule has 204 valence electrons. The standard InChI is InChI=1S/C34H30BrN5O/c35-29-23-30-32(25-16-17-36-31(22-25)39-18-20-41-21-19-39)38-40(33(30)37-24-29)34(26-10-4-1-5-11-26,27-12-6-2-7-13-27)28-14-8-3-9-15-28/h1-17,23-24,31H,18-22H2. The maximum atomic E-state index is 5.60. The van der Waals surface area contributed by atoms with Crippen LogP contribution in [0.4, 0.5) is 0 Å². The molecule has 1 saturated heterocycles. The van der Waals surface area contributed by atoms with Crippen molar-refractivity contribution in [2.45, 2.75) is 18.1 Å². The summed E-state index contributed by atoms with van der Waals surface area (Å²) in [6, 6.07) is 34.0. The Hall–Kier alpha value is -3.91. The van der Waals surface area contributed by atoms with Crippen LogP contribution in [0.3, 0.4) is 0 Å². The minimum atomic E-state index is -0.756. The maximum absolute atomic E-state index is 5.60. The second kappa shape index (κ2) is 11.2. The van der Waals surface area contributed by atoms with E-state index in [-0.39, 0.29) is 6.17 Å². The van der Waals surface area contributed by atoms with Crippen LogP contribution < -0.4 is 0 Å². The molecular weight excluding hydrogens is 574 g/mol. The van der Waals surface area contributed by atoms with Crippen LogP contribution in [-0.4, -0.2) is 58.3 Å². The Morgan fingerprint density at radius 3 is 1.98 bits per heavy atom. The molecule has 3 aromatic carbocycles. The molecule has 41 heavy (non-hydrogen) atoms. The van der Waals surface area contributed by atoms with Crippen molar-refractivity contribution in [3.05, 3.63) is 136 Å². The summed E-state index contributed by atoms with van der Waals surface area (Å²) in [6.45, 7) is 3.26. The van der Waals surface area contributed by atoms with Gasteiger partial charge in [-0.15, -0.1) is 0 Å². The molecule has 0 aliphatic carbocycles. The van der Waals surface area contributed by atoms with Gasteiger partial charge in [-0.2, -0.15) is 5.10 Å². The lowest BCUT2D eigenvalue weighted by atomic mass is 9.77. The van der Waals surface area contributed by atoms with Crippen molar-refractivity contribution in [2.75, 3.05) is 26.3 Å². The quantitative estimate of drug-likeness (QED) is 0.206. The second-order valence-corrected chi connectivity index (χ2v) is 11.3. The number of halogens is 1. The van der Waals surface area contributed by atoms with Gasteiger partial charge in [-0.05, 0) is 50.3 Å². The van der Waals surface area contributed by atoms with E-state index < -0.39 is 5.54 Å². The maximum Gasteiger partial charge on any atom is 0.160 e. The predicted octanol–water partition coefficient (Wildman–Crippen LogP) is 6.55.